The number of benzene rings is 3. The van der Waals surface area contributed by atoms with Crippen molar-refractivity contribution in [2.45, 2.75) is 79.3 Å². The van der Waals surface area contributed by atoms with Gasteiger partial charge < -0.3 is 19.4 Å². The summed E-state index contributed by atoms with van der Waals surface area (Å²) in [6, 6.07) is 20.5. The molecule has 0 amide bonds. The van der Waals surface area contributed by atoms with Gasteiger partial charge in [0.25, 0.3) is 0 Å². The number of phenolic OH excluding ortho intramolecular Hbond substituents is 1. The van der Waals surface area contributed by atoms with Crippen molar-refractivity contribution in [1.29, 1.82) is 0 Å². The summed E-state index contributed by atoms with van der Waals surface area (Å²) in [7, 11) is -3.15. The molecule has 0 saturated carbocycles. The lowest BCUT2D eigenvalue weighted by Gasteiger charge is -2.29. The van der Waals surface area contributed by atoms with Gasteiger partial charge in [-0.1, -0.05) is 62.1 Å². The van der Waals surface area contributed by atoms with Gasteiger partial charge in [0, 0.05) is 22.3 Å². The topological polar surface area (TPSA) is 55.8 Å². The first-order chi connectivity index (χ1) is 17.4. The molecule has 0 saturated heterocycles. The van der Waals surface area contributed by atoms with Gasteiger partial charge in [0.15, 0.2) is 0 Å². The van der Waals surface area contributed by atoms with Gasteiger partial charge in [-0.05, 0) is 77.9 Å². The Morgan fingerprint density at radius 3 is 1.76 bits per heavy atom. The molecule has 1 N–H and O–H groups in total. The third-order valence-electron chi connectivity index (χ3n) is 5.90. The predicted octanol–water partition coefficient (Wildman–Crippen LogP) is 5.79. The van der Waals surface area contributed by atoms with Crippen LogP contribution >= 0.6 is 7.92 Å². The Labute approximate surface area is 224 Å². The van der Waals surface area contributed by atoms with Crippen LogP contribution in [-0.2, 0) is 11.2 Å². The number of para-hydroxylation sites is 2. The molecule has 198 valence electrons. The molecule has 3 aromatic carbocycles. The molecule has 0 spiro atoms. The normalized spacial score (nSPS) is 11.9. The van der Waals surface area contributed by atoms with Crippen LogP contribution in [0.15, 0.2) is 60.7 Å². The minimum absolute atomic E-state index is 0.00759. The van der Waals surface area contributed by atoms with Gasteiger partial charge in [-0.15, -0.1) is 0 Å². The van der Waals surface area contributed by atoms with Gasteiger partial charge in [0.1, 0.15) is 23.0 Å². The second kappa shape index (κ2) is 12.3. The van der Waals surface area contributed by atoms with E-state index in [2.05, 4.69) is 43.9 Å². The second-order valence-corrected chi connectivity index (χ2v) is 18.2. The third-order valence-corrected chi connectivity index (χ3v) is 10.4. The van der Waals surface area contributed by atoms with Crippen LogP contribution in [0, 0.1) is 0 Å². The molecule has 0 aliphatic carbocycles. The Balaban J connectivity index is 2.38. The van der Waals surface area contributed by atoms with Crippen LogP contribution < -0.4 is 30.6 Å². The first-order valence-electron chi connectivity index (χ1n) is 13.1. The minimum atomic E-state index is -1.91. The maximum atomic E-state index is 11.9. The van der Waals surface area contributed by atoms with Crippen molar-refractivity contribution in [3.8, 4) is 17.2 Å². The molecule has 0 fully saturated rings. The SMILES string of the molecule is CC(=O)CCc1cc(P(c2ccccc2OC(C)C)c2ccccc2OC(C)C)c(O)c([Si](C)(C)C)c1. The molecule has 3 rings (SSSR count). The summed E-state index contributed by atoms with van der Waals surface area (Å²) in [6.45, 7) is 16.5. The molecule has 4 nitrogen and oxygen atoms in total. The van der Waals surface area contributed by atoms with Gasteiger partial charge in [0.05, 0.1) is 20.3 Å². The van der Waals surface area contributed by atoms with Gasteiger partial charge >= 0.3 is 0 Å². The standard InChI is InChI=1S/C31H41O4PSi/c1-21(2)34-25-13-9-11-15-27(25)36(28-16-12-10-14-26(28)35-22(3)4)29-19-24(18-17-23(5)32)20-30(31(29)33)37(6,7)8/h9-16,19-22,33H,17-18H2,1-8H3. The molecular weight excluding hydrogens is 495 g/mol. The quantitative estimate of drug-likeness (QED) is 0.249. The fraction of sp³-hybridized carbons (Fsp3) is 0.387. The van der Waals surface area contributed by atoms with Crippen LogP contribution in [0.4, 0.5) is 0 Å². The fourth-order valence-corrected chi connectivity index (χ4v) is 8.40. The first kappa shape index (κ1) is 28.9. The average Bonchev–Trinajstić information content (AvgIpc) is 2.80. The van der Waals surface area contributed by atoms with Crippen molar-refractivity contribution in [2.24, 2.45) is 0 Å². The van der Waals surface area contributed by atoms with Crippen molar-refractivity contribution in [2.75, 3.05) is 0 Å². The number of ether oxygens (including phenoxy) is 2. The van der Waals surface area contributed by atoms with Crippen LogP contribution in [0.1, 0.15) is 46.6 Å². The zero-order valence-electron chi connectivity index (χ0n) is 23.5. The molecule has 0 aromatic heterocycles. The summed E-state index contributed by atoms with van der Waals surface area (Å²) in [5, 5.41) is 15.8. The fourth-order valence-electron chi connectivity index (χ4n) is 4.26. The highest BCUT2D eigenvalue weighted by atomic mass is 31.1. The highest BCUT2D eigenvalue weighted by Crippen LogP contribution is 2.42. The first-order valence-corrected chi connectivity index (χ1v) is 17.9. The summed E-state index contributed by atoms with van der Waals surface area (Å²) in [6.07, 6.45) is 1.15. The van der Waals surface area contributed by atoms with Crippen molar-refractivity contribution >= 4 is 42.9 Å². The van der Waals surface area contributed by atoms with E-state index in [-0.39, 0.29) is 18.0 Å². The van der Waals surface area contributed by atoms with E-state index in [0.29, 0.717) is 18.6 Å². The van der Waals surface area contributed by atoms with Gasteiger partial charge in [0.2, 0.25) is 0 Å². The largest absolute Gasteiger partial charge is 0.507 e. The lowest BCUT2D eigenvalue weighted by Crippen LogP contribution is -2.40. The summed E-state index contributed by atoms with van der Waals surface area (Å²) in [5.41, 5.74) is 1.08. The van der Waals surface area contributed by atoms with Crippen LogP contribution in [0.5, 0.6) is 17.2 Å². The maximum Gasteiger partial charge on any atom is 0.130 e. The Hall–Kier alpha value is -2.62. The Bertz CT molecular complexity index is 1180. The summed E-state index contributed by atoms with van der Waals surface area (Å²) < 4.78 is 12.6. The van der Waals surface area contributed by atoms with E-state index in [1.807, 2.05) is 64.1 Å². The monoisotopic (exact) mass is 536 g/mol. The molecule has 0 aliphatic rings. The molecular formula is C31H41O4PSi. The van der Waals surface area contributed by atoms with E-state index < -0.39 is 16.0 Å². The molecule has 6 heteroatoms. The lowest BCUT2D eigenvalue weighted by atomic mass is 10.1. The van der Waals surface area contributed by atoms with Crippen molar-refractivity contribution in [1.82, 2.24) is 0 Å². The number of aromatic hydroxyl groups is 1. The van der Waals surface area contributed by atoms with Crippen LogP contribution in [0.3, 0.4) is 0 Å². The molecule has 37 heavy (non-hydrogen) atoms. The van der Waals surface area contributed by atoms with Gasteiger partial charge in [-0.3, -0.25) is 0 Å². The molecule has 0 atom stereocenters. The highest BCUT2D eigenvalue weighted by molar-refractivity contribution is 7.80. The molecule has 0 heterocycles. The van der Waals surface area contributed by atoms with E-state index in [9.17, 15) is 9.90 Å². The molecule has 0 bridgehead atoms. The zero-order valence-corrected chi connectivity index (χ0v) is 25.4. The van der Waals surface area contributed by atoms with Crippen LogP contribution in [-0.4, -0.2) is 31.2 Å². The second-order valence-electron chi connectivity index (χ2n) is 11.1. The number of rotatable bonds is 11. The van der Waals surface area contributed by atoms with Crippen LogP contribution in [0.25, 0.3) is 0 Å². The van der Waals surface area contributed by atoms with Crippen molar-refractivity contribution in [3.05, 3.63) is 66.2 Å². The molecule has 0 unspecified atom stereocenters. The highest BCUT2D eigenvalue weighted by Gasteiger charge is 2.31. The summed E-state index contributed by atoms with van der Waals surface area (Å²) >= 11 is 0. The number of phenols is 1. The number of hydrogen-bond acceptors (Lipinski definition) is 4. The number of Topliss-reactive ketones (excluding diaryl/α,β-unsaturated/α-hetero) is 1. The van der Waals surface area contributed by atoms with Crippen LogP contribution in [0.2, 0.25) is 19.6 Å². The molecule has 0 aliphatic heterocycles. The van der Waals surface area contributed by atoms with Gasteiger partial charge in [-0.25, -0.2) is 0 Å². The summed E-state index contributed by atoms with van der Waals surface area (Å²) in [4.78, 5) is 11.9. The molecule has 3 aromatic rings. The minimum Gasteiger partial charge on any atom is -0.507 e. The number of aryl methyl sites for hydroxylation is 1. The molecule has 0 radical (unpaired) electrons. The predicted molar refractivity (Wildman–Crippen MR) is 160 cm³/mol. The summed E-state index contributed by atoms with van der Waals surface area (Å²) in [5.74, 6) is 2.14. The van der Waals surface area contributed by atoms with Crippen molar-refractivity contribution < 1.29 is 19.4 Å². The Kier molecular flexibility index (Phi) is 9.61. The van der Waals surface area contributed by atoms with Crippen molar-refractivity contribution in [3.63, 3.8) is 0 Å². The Morgan fingerprint density at radius 1 is 0.838 bits per heavy atom. The third kappa shape index (κ3) is 7.46. The van der Waals surface area contributed by atoms with E-state index in [1.54, 1.807) is 6.92 Å². The van der Waals surface area contributed by atoms with E-state index in [4.69, 9.17) is 9.47 Å². The lowest BCUT2D eigenvalue weighted by molar-refractivity contribution is -0.116. The van der Waals surface area contributed by atoms with Gasteiger partial charge in [-0.2, -0.15) is 0 Å². The number of hydrogen-bond donors (Lipinski definition) is 1. The van der Waals surface area contributed by atoms with E-state index in [0.717, 1.165) is 38.2 Å². The number of ketones is 1. The Morgan fingerprint density at radius 2 is 1.32 bits per heavy atom. The van der Waals surface area contributed by atoms with E-state index >= 15 is 0 Å². The smallest absolute Gasteiger partial charge is 0.130 e. The number of carbonyl (C=O) groups excluding carboxylic acids is 1. The maximum absolute atomic E-state index is 11.9. The van der Waals surface area contributed by atoms with E-state index in [1.165, 1.54) is 0 Å². The number of carbonyl (C=O) groups is 1. The average molecular weight is 537 g/mol. The zero-order chi connectivity index (χ0) is 27.3.